The zero-order valence-electron chi connectivity index (χ0n) is 38.8. The Labute approximate surface area is 362 Å². The minimum atomic E-state index is 0.0181. The predicted molar refractivity (Wildman–Crippen MR) is 246 cm³/mol. The first-order valence-corrected chi connectivity index (χ1v) is 22.4. The number of hydrogen-bond acceptors (Lipinski definition) is 11. The van der Waals surface area contributed by atoms with E-state index in [4.69, 9.17) is 38.7 Å². The predicted octanol–water partition coefficient (Wildman–Crippen LogP) is 9.64. The molecule has 0 heterocycles. The van der Waals surface area contributed by atoms with E-state index in [2.05, 4.69) is 50.7 Å². The Bertz CT molecular complexity index is 812. The third kappa shape index (κ3) is 87.7. The van der Waals surface area contributed by atoms with Crippen LogP contribution in [0.2, 0.25) is 0 Å². The molecule has 0 aromatic rings. The number of carbonyl (C=O) groups is 4. The Hall–Kier alpha value is -2.84. The normalized spacial score (nSPS) is 10.2. The number of allylic oxidation sites excluding steroid dienone is 1. The molecular formula is C46H95N3O10. The SMILES string of the molecule is C=C(O)CCCCCCCCCCCCCCCCC(C)CCC(=O)NCCOCCOCCCOCCOCC(C)=O.C=CO.C=O.CCCCCC.CN.NC=O. The van der Waals surface area contributed by atoms with Crippen molar-refractivity contribution in [1.82, 2.24) is 5.32 Å². The molecule has 13 heteroatoms. The Morgan fingerprint density at radius 3 is 1.41 bits per heavy atom. The molecule has 0 saturated carbocycles. The average Bonchev–Trinajstić information content (AvgIpc) is 3.22. The first kappa shape index (κ1) is 67.9. The van der Waals surface area contributed by atoms with Gasteiger partial charge in [0.2, 0.25) is 12.3 Å². The lowest BCUT2D eigenvalue weighted by Gasteiger charge is -2.11. The highest BCUT2D eigenvalue weighted by Gasteiger charge is 2.07. The molecule has 0 saturated heterocycles. The molecule has 0 aliphatic carbocycles. The van der Waals surface area contributed by atoms with Crippen LogP contribution in [0.15, 0.2) is 25.2 Å². The average molecular weight is 850 g/mol. The molecule has 7 N–H and O–H groups in total. The summed E-state index contributed by atoms with van der Waals surface area (Å²) in [6, 6.07) is 0. The van der Waals surface area contributed by atoms with Crippen LogP contribution in [0.25, 0.3) is 0 Å². The van der Waals surface area contributed by atoms with Gasteiger partial charge in [0.15, 0.2) is 5.78 Å². The second-order valence-corrected chi connectivity index (χ2v) is 14.0. The highest BCUT2D eigenvalue weighted by molar-refractivity contribution is 5.76. The number of ketones is 1. The molecule has 0 aromatic heterocycles. The molecule has 2 amide bonds. The number of aliphatic hydroxyl groups excluding tert-OH is 2. The quantitative estimate of drug-likeness (QED) is 0.0224. The van der Waals surface area contributed by atoms with Gasteiger partial charge in [0.1, 0.15) is 13.4 Å². The Morgan fingerprint density at radius 1 is 0.644 bits per heavy atom. The number of unbranched alkanes of at least 4 members (excludes halogenated alkanes) is 16. The summed E-state index contributed by atoms with van der Waals surface area (Å²) in [5.41, 5.74) is 8.67. The summed E-state index contributed by atoms with van der Waals surface area (Å²) >= 11 is 0. The summed E-state index contributed by atoms with van der Waals surface area (Å²) in [4.78, 5) is 39.4. The number of rotatable bonds is 38. The van der Waals surface area contributed by atoms with E-state index in [1.54, 1.807) is 0 Å². The van der Waals surface area contributed by atoms with Crippen molar-refractivity contribution < 1.29 is 48.3 Å². The van der Waals surface area contributed by atoms with Crippen molar-refractivity contribution in [3.63, 3.8) is 0 Å². The van der Waals surface area contributed by atoms with Crippen LogP contribution in [-0.2, 0) is 38.1 Å². The van der Waals surface area contributed by atoms with Crippen molar-refractivity contribution in [3.05, 3.63) is 25.2 Å². The lowest BCUT2D eigenvalue weighted by molar-refractivity contribution is -0.122. The Morgan fingerprint density at radius 2 is 1.02 bits per heavy atom. The second kappa shape index (κ2) is 69.8. The maximum atomic E-state index is 12.1. The first-order chi connectivity index (χ1) is 28.7. The lowest BCUT2D eigenvalue weighted by Crippen LogP contribution is -2.27. The monoisotopic (exact) mass is 850 g/mol. The molecule has 0 aromatic carbocycles. The standard InChI is InChI=1S/C35H67NO7.C6H14.C2H4O.CH3NO.CH5N.CH2O/c1-32(19-16-14-12-10-8-6-4-5-7-9-11-13-15-17-20-33(2)37)21-22-35(39)36-23-26-42-28-27-40-24-18-25-41-29-30-43-31-34(3)38;1-3-5-6-4-2;1-2-3;2-1-3;2*1-2/h32,37H,2,4-31H2,1,3H3,(H,36,39);3-6H2,1-2H3;2-3H,1H2;1H,(H2,2,3);2H2,1H3;1H2. The van der Waals surface area contributed by atoms with Crippen LogP contribution >= 0.6 is 0 Å². The first-order valence-electron chi connectivity index (χ1n) is 22.4. The van der Waals surface area contributed by atoms with Gasteiger partial charge in [-0.3, -0.25) is 14.4 Å². The fourth-order valence-corrected chi connectivity index (χ4v) is 5.34. The molecule has 1 atom stereocenters. The number of amides is 2. The van der Waals surface area contributed by atoms with E-state index in [9.17, 15) is 9.59 Å². The molecule has 0 bridgehead atoms. The maximum Gasteiger partial charge on any atom is 0.220 e. The molecule has 0 radical (unpaired) electrons. The van der Waals surface area contributed by atoms with Crippen LogP contribution in [0.5, 0.6) is 0 Å². The van der Waals surface area contributed by atoms with Gasteiger partial charge in [0.25, 0.3) is 0 Å². The smallest absolute Gasteiger partial charge is 0.220 e. The van der Waals surface area contributed by atoms with Gasteiger partial charge in [-0.05, 0) is 39.2 Å². The van der Waals surface area contributed by atoms with Crippen molar-refractivity contribution in [2.75, 3.05) is 66.4 Å². The van der Waals surface area contributed by atoms with Gasteiger partial charge in [0.05, 0.1) is 45.1 Å². The van der Waals surface area contributed by atoms with E-state index < -0.39 is 0 Å². The molecule has 0 fully saturated rings. The summed E-state index contributed by atoms with van der Waals surface area (Å²) < 4.78 is 21.6. The van der Waals surface area contributed by atoms with E-state index >= 15 is 0 Å². The molecule has 0 aliphatic heterocycles. The Kier molecular flexibility index (Phi) is 80.3. The third-order valence-electron chi connectivity index (χ3n) is 8.43. The van der Waals surface area contributed by atoms with Gasteiger partial charge < -0.3 is 50.7 Å². The van der Waals surface area contributed by atoms with Gasteiger partial charge in [-0.1, -0.05) is 150 Å². The largest absolute Gasteiger partial charge is 0.516 e. The minimum absolute atomic E-state index is 0.0181. The summed E-state index contributed by atoms with van der Waals surface area (Å²) in [5.74, 6) is 1.05. The van der Waals surface area contributed by atoms with Crippen molar-refractivity contribution >= 4 is 24.9 Å². The molecule has 59 heavy (non-hydrogen) atoms. The number of ether oxygens (including phenoxy) is 4. The molecule has 0 spiro atoms. The number of aliphatic hydroxyl groups is 2. The summed E-state index contributed by atoms with van der Waals surface area (Å²) in [5, 5.41) is 19.4. The zero-order valence-corrected chi connectivity index (χ0v) is 38.8. The topological polar surface area (TPSA) is 210 Å². The molecule has 1 unspecified atom stereocenters. The van der Waals surface area contributed by atoms with Crippen LogP contribution in [0.3, 0.4) is 0 Å². The van der Waals surface area contributed by atoms with E-state index in [-0.39, 0.29) is 24.7 Å². The van der Waals surface area contributed by atoms with E-state index in [1.807, 2.05) is 6.79 Å². The second-order valence-electron chi connectivity index (χ2n) is 14.0. The number of hydrogen-bond donors (Lipinski definition) is 5. The van der Waals surface area contributed by atoms with E-state index in [0.717, 1.165) is 31.9 Å². The van der Waals surface area contributed by atoms with Crippen molar-refractivity contribution in [1.29, 1.82) is 0 Å². The molecule has 0 aliphatic rings. The van der Waals surface area contributed by atoms with Crippen LogP contribution in [0, 0.1) is 5.92 Å². The number of carbonyl (C=O) groups excluding carboxylic acids is 4. The molecular weight excluding hydrogens is 755 g/mol. The molecule has 13 nitrogen and oxygen atoms in total. The van der Waals surface area contributed by atoms with Crippen LogP contribution < -0.4 is 16.8 Å². The Balaban J connectivity index is -0.000000374. The summed E-state index contributed by atoms with van der Waals surface area (Å²) in [6.07, 6.45) is 29.3. The number of primary amides is 1. The van der Waals surface area contributed by atoms with Crippen molar-refractivity contribution in [2.24, 2.45) is 17.4 Å². The molecule has 354 valence electrons. The molecule has 0 rings (SSSR count). The zero-order chi connectivity index (χ0) is 45.9. The maximum absolute atomic E-state index is 12.1. The van der Waals surface area contributed by atoms with Crippen molar-refractivity contribution in [3.8, 4) is 0 Å². The van der Waals surface area contributed by atoms with E-state index in [1.165, 1.54) is 130 Å². The van der Waals surface area contributed by atoms with Crippen molar-refractivity contribution in [2.45, 2.75) is 175 Å². The number of nitrogens with two attached hydrogens (primary N) is 2. The van der Waals surface area contributed by atoms with Gasteiger partial charge in [-0.2, -0.15) is 0 Å². The van der Waals surface area contributed by atoms with Gasteiger partial charge in [0, 0.05) is 32.6 Å². The van der Waals surface area contributed by atoms with Gasteiger partial charge in [-0.25, -0.2) is 0 Å². The van der Waals surface area contributed by atoms with Gasteiger partial charge >= 0.3 is 0 Å². The third-order valence-corrected chi connectivity index (χ3v) is 8.43. The van der Waals surface area contributed by atoms with Crippen LogP contribution in [0.1, 0.15) is 175 Å². The van der Waals surface area contributed by atoms with E-state index in [0.29, 0.717) is 70.9 Å². The van der Waals surface area contributed by atoms with Crippen LogP contribution in [-0.4, -0.2) is 102 Å². The highest BCUT2D eigenvalue weighted by atomic mass is 16.5. The van der Waals surface area contributed by atoms with Crippen LogP contribution in [0.4, 0.5) is 0 Å². The summed E-state index contributed by atoms with van der Waals surface area (Å²) in [6.45, 7) is 21.0. The minimum Gasteiger partial charge on any atom is -0.516 e. The fraction of sp³-hybridized carbons (Fsp3) is 0.826. The lowest BCUT2D eigenvalue weighted by atomic mass is 9.97. The summed E-state index contributed by atoms with van der Waals surface area (Å²) in [7, 11) is 1.50. The van der Waals surface area contributed by atoms with Gasteiger partial charge in [-0.15, -0.1) is 0 Å². The number of Topliss-reactive ketones (excluding diaryl/α,β-unsaturated/α-hetero) is 1. The highest BCUT2D eigenvalue weighted by Crippen LogP contribution is 2.17. The fourth-order valence-electron chi connectivity index (χ4n) is 5.34. The number of nitrogens with one attached hydrogen (secondary N) is 1.